The van der Waals surface area contributed by atoms with Crippen LogP contribution in [0.25, 0.3) is 0 Å². The maximum Gasteiger partial charge on any atom is 0.417 e. The van der Waals surface area contributed by atoms with Crippen molar-refractivity contribution >= 4 is 11.8 Å². The van der Waals surface area contributed by atoms with Crippen molar-refractivity contribution in [1.29, 1.82) is 0 Å². The number of aromatic nitrogens is 1. The third-order valence-electron chi connectivity index (χ3n) is 10.9. The summed E-state index contributed by atoms with van der Waals surface area (Å²) in [7, 11) is 1.72. The van der Waals surface area contributed by atoms with Gasteiger partial charge in [0.05, 0.1) is 23.7 Å². The zero-order valence-electron chi connectivity index (χ0n) is 25.2. The largest absolute Gasteiger partial charge is 0.417 e. The second-order valence-corrected chi connectivity index (χ2v) is 13.5. The van der Waals surface area contributed by atoms with Crippen LogP contribution in [0.3, 0.4) is 0 Å². The minimum Gasteiger partial charge on any atom is -0.379 e. The molecule has 43 heavy (non-hydrogen) atoms. The van der Waals surface area contributed by atoms with Gasteiger partial charge in [0.1, 0.15) is 0 Å². The second-order valence-electron chi connectivity index (χ2n) is 13.5. The van der Waals surface area contributed by atoms with E-state index in [2.05, 4.69) is 9.88 Å². The number of alkyl halides is 3. The highest BCUT2D eigenvalue weighted by atomic mass is 19.4. The molecule has 0 N–H and O–H groups in total. The first-order chi connectivity index (χ1) is 20.7. The summed E-state index contributed by atoms with van der Waals surface area (Å²) in [6.45, 7) is 5.66. The molecule has 1 saturated carbocycles. The standard InChI is InChI=1S/C32H45F3N4O4/c1-42-28-20-43-12-7-23(28)13-22-14-26-19-39(29(40)6-10-37-8-3-2-4-9-37)21-31(26,16-22)30(41)38-11-5-27-24(18-38)15-25(17-36-27)32(33,34)35/h15,17,22-23,26,28H,2-14,16,18-21H2,1H3/t22-,23?,26+,28?,31+/m1/s1. The van der Waals surface area contributed by atoms with Crippen LogP contribution in [0.5, 0.6) is 0 Å². The topological polar surface area (TPSA) is 75.2 Å². The van der Waals surface area contributed by atoms with Gasteiger partial charge in [0, 0.05) is 71.2 Å². The molecule has 0 aromatic carbocycles. The molecule has 3 saturated heterocycles. The van der Waals surface area contributed by atoms with Crippen LogP contribution < -0.4 is 0 Å². The van der Waals surface area contributed by atoms with Crippen LogP contribution in [0.2, 0.25) is 0 Å². The predicted octanol–water partition coefficient (Wildman–Crippen LogP) is 4.16. The van der Waals surface area contributed by atoms with E-state index in [1.54, 1.807) is 12.0 Å². The summed E-state index contributed by atoms with van der Waals surface area (Å²) >= 11 is 0. The lowest BCUT2D eigenvalue weighted by Gasteiger charge is -2.37. The van der Waals surface area contributed by atoms with Crippen molar-refractivity contribution < 1.29 is 32.2 Å². The maximum atomic E-state index is 14.5. The van der Waals surface area contributed by atoms with Crippen molar-refractivity contribution in [3.8, 4) is 0 Å². The lowest BCUT2D eigenvalue weighted by atomic mass is 9.78. The number of methoxy groups -OCH3 is 1. The lowest BCUT2D eigenvalue weighted by molar-refractivity contribution is -0.144. The van der Waals surface area contributed by atoms with E-state index in [0.29, 0.717) is 75.2 Å². The molecule has 1 aromatic heterocycles. The molecule has 11 heteroatoms. The summed E-state index contributed by atoms with van der Waals surface area (Å²) in [6, 6.07) is 1.15. The van der Waals surface area contributed by atoms with Crippen LogP contribution >= 0.6 is 0 Å². The second kappa shape index (κ2) is 12.6. The number of pyridine rings is 1. The van der Waals surface area contributed by atoms with Gasteiger partial charge >= 0.3 is 6.18 Å². The molecule has 238 valence electrons. The molecule has 5 heterocycles. The van der Waals surface area contributed by atoms with Crippen molar-refractivity contribution in [1.82, 2.24) is 19.7 Å². The molecule has 0 spiro atoms. The van der Waals surface area contributed by atoms with Gasteiger partial charge < -0.3 is 24.2 Å². The summed E-state index contributed by atoms with van der Waals surface area (Å²) < 4.78 is 51.7. The van der Waals surface area contributed by atoms with Crippen LogP contribution in [0.1, 0.15) is 68.2 Å². The van der Waals surface area contributed by atoms with Crippen LogP contribution in [0, 0.1) is 23.2 Å². The fourth-order valence-corrected chi connectivity index (χ4v) is 8.59. The summed E-state index contributed by atoms with van der Waals surface area (Å²) in [6.07, 6.45) is 4.40. The fourth-order valence-electron chi connectivity index (χ4n) is 8.59. The van der Waals surface area contributed by atoms with E-state index >= 15 is 0 Å². The first-order valence-corrected chi connectivity index (χ1v) is 16.1. The Hall–Kier alpha value is -2.24. The number of fused-ring (bicyclic) bond motifs is 2. The Bertz CT molecular complexity index is 1180. The van der Waals surface area contributed by atoms with Gasteiger partial charge in [0.2, 0.25) is 11.8 Å². The van der Waals surface area contributed by atoms with Crippen LogP contribution in [-0.4, -0.2) is 97.2 Å². The van der Waals surface area contributed by atoms with Gasteiger partial charge in [-0.1, -0.05) is 6.42 Å². The zero-order valence-corrected chi connectivity index (χ0v) is 25.2. The molecule has 5 atom stereocenters. The summed E-state index contributed by atoms with van der Waals surface area (Å²) in [5, 5.41) is 0. The Kier molecular flexibility index (Phi) is 9.04. The van der Waals surface area contributed by atoms with Gasteiger partial charge in [0.25, 0.3) is 0 Å². The van der Waals surface area contributed by atoms with Crippen molar-refractivity contribution in [2.45, 2.75) is 76.6 Å². The normalized spacial score (nSPS) is 31.6. The first kappa shape index (κ1) is 30.8. The number of carbonyl (C=O) groups excluding carboxylic acids is 2. The highest BCUT2D eigenvalue weighted by Gasteiger charge is 2.59. The average Bonchev–Trinajstić information content (AvgIpc) is 3.54. The van der Waals surface area contributed by atoms with E-state index < -0.39 is 17.2 Å². The minimum absolute atomic E-state index is 0.00957. The summed E-state index contributed by atoms with van der Waals surface area (Å²) in [5.74, 6) is 0.840. The predicted molar refractivity (Wildman–Crippen MR) is 153 cm³/mol. The Balaban J connectivity index is 1.19. The number of likely N-dealkylation sites (tertiary alicyclic amines) is 2. The fraction of sp³-hybridized carbons (Fsp3) is 0.781. The van der Waals surface area contributed by atoms with E-state index in [9.17, 15) is 22.8 Å². The number of hydrogen-bond donors (Lipinski definition) is 0. The Morgan fingerprint density at radius 3 is 2.74 bits per heavy atom. The van der Waals surface area contributed by atoms with Gasteiger partial charge in [-0.05, 0) is 81.0 Å². The molecule has 0 radical (unpaired) electrons. The molecule has 0 bridgehead atoms. The molecule has 8 nitrogen and oxygen atoms in total. The highest BCUT2D eigenvalue weighted by molar-refractivity contribution is 5.86. The zero-order chi connectivity index (χ0) is 30.2. The Morgan fingerprint density at radius 2 is 1.98 bits per heavy atom. The molecule has 4 fully saturated rings. The third-order valence-corrected chi connectivity index (χ3v) is 10.9. The molecular weight excluding hydrogens is 561 g/mol. The van der Waals surface area contributed by atoms with Crippen molar-refractivity contribution in [3.63, 3.8) is 0 Å². The molecule has 1 aromatic rings. The molecule has 1 aliphatic carbocycles. The third kappa shape index (κ3) is 6.45. The number of hydrogen-bond acceptors (Lipinski definition) is 6. The molecule has 5 aliphatic rings. The van der Waals surface area contributed by atoms with E-state index in [0.717, 1.165) is 51.2 Å². The van der Waals surface area contributed by atoms with Gasteiger partial charge in [-0.2, -0.15) is 13.2 Å². The number of rotatable bonds is 7. The monoisotopic (exact) mass is 606 g/mol. The molecule has 4 aliphatic heterocycles. The minimum atomic E-state index is -4.48. The van der Waals surface area contributed by atoms with Gasteiger partial charge in [0.15, 0.2) is 0 Å². The van der Waals surface area contributed by atoms with Crippen LogP contribution in [-0.2, 0) is 38.2 Å². The highest BCUT2D eigenvalue weighted by Crippen LogP contribution is 2.54. The maximum absolute atomic E-state index is 14.5. The van der Waals surface area contributed by atoms with Gasteiger partial charge in [-0.25, -0.2) is 0 Å². The quantitative estimate of drug-likeness (QED) is 0.464. The van der Waals surface area contributed by atoms with E-state index in [1.807, 2.05) is 4.90 Å². The van der Waals surface area contributed by atoms with Gasteiger partial charge in [-0.15, -0.1) is 0 Å². The first-order valence-electron chi connectivity index (χ1n) is 16.1. The smallest absolute Gasteiger partial charge is 0.379 e. The summed E-state index contributed by atoms with van der Waals surface area (Å²) in [5.41, 5.74) is -0.393. The summed E-state index contributed by atoms with van der Waals surface area (Å²) in [4.78, 5) is 38.1. The number of nitrogens with zero attached hydrogens (tertiary/aromatic N) is 4. The van der Waals surface area contributed by atoms with E-state index in [-0.39, 0.29) is 30.4 Å². The van der Waals surface area contributed by atoms with E-state index in [4.69, 9.17) is 9.47 Å². The van der Waals surface area contributed by atoms with Crippen LogP contribution in [0.4, 0.5) is 13.2 Å². The number of carbonyl (C=O) groups is 2. The molecule has 6 rings (SSSR count). The number of amides is 2. The van der Waals surface area contributed by atoms with Crippen molar-refractivity contribution in [2.75, 3.05) is 59.6 Å². The average molecular weight is 607 g/mol. The number of piperidine rings is 1. The Morgan fingerprint density at radius 1 is 1.16 bits per heavy atom. The Labute approximate surface area is 252 Å². The molecule has 2 amide bonds. The number of ether oxygens (including phenoxy) is 2. The SMILES string of the molecule is COC1COCCC1C[C@@H]1C[C@H]2CN(C(=O)CCN3CCCCC3)C[C@@]2(C(=O)N2CCc3ncc(C(F)(F)F)cc3C2)C1. The molecular formula is C32H45F3N4O4. The number of halogens is 3. The van der Waals surface area contributed by atoms with Crippen molar-refractivity contribution in [2.24, 2.45) is 23.2 Å². The van der Waals surface area contributed by atoms with E-state index in [1.165, 1.54) is 19.3 Å². The lowest BCUT2D eigenvalue weighted by Crippen LogP contribution is -2.49. The van der Waals surface area contributed by atoms with Crippen molar-refractivity contribution in [3.05, 3.63) is 29.1 Å². The van der Waals surface area contributed by atoms with Crippen LogP contribution in [0.15, 0.2) is 12.3 Å². The van der Waals surface area contributed by atoms with Gasteiger partial charge in [-0.3, -0.25) is 14.6 Å². The molecule has 2 unspecified atom stereocenters.